The van der Waals surface area contributed by atoms with Crippen LogP contribution in [-0.2, 0) is 4.79 Å². The van der Waals surface area contributed by atoms with Crippen LogP contribution in [0.2, 0.25) is 0 Å². The van der Waals surface area contributed by atoms with E-state index in [0.29, 0.717) is 11.4 Å². The van der Waals surface area contributed by atoms with Crippen molar-refractivity contribution in [3.05, 3.63) is 72.6 Å². The van der Waals surface area contributed by atoms with Crippen LogP contribution in [0.15, 0.2) is 72.6 Å². The average Bonchev–Trinajstić information content (AvgIpc) is 2.59. The fourth-order valence-corrected chi connectivity index (χ4v) is 2.78. The van der Waals surface area contributed by atoms with Gasteiger partial charge in [-0.05, 0) is 31.2 Å². The van der Waals surface area contributed by atoms with Crippen molar-refractivity contribution in [3.8, 4) is 0 Å². The number of nitrogens with zero attached hydrogens (tertiary/aromatic N) is 2. The normalized spacial score (nSPS) is 20.2. The van der Waals surface area contributed by atoms with Gasteiger partial charge in [-0.3, -0.25) is 15.1 Å². The van der Waals surface area contributed by atoms with E-state index >= 15 is 0 Å². The van der Waals surface area contributed by atoms with Gasteiger partial charge in [0.05, 0.1) is 0 Å². The van der Waals surface area contributed by atoms with Gasteiger partial charge in [0.15, 0.2) is 5.84 Å². The molecule has 3 N–H and O–H groups in total. The molecule has 1 aliphatic heterocycles. The first-order valence-electron chi connectivity index (χ1n) is 7.39. The van der Waals surface area contributed by atoms with E-state index in [-0.39, 0.29) is 11.7 Å². The molecule has 0 aromatic heterocycles. The maximum Gasteiger partial charge on any atom is 0.254 e. The quantitative estimate of drug-likeness (QED) is 0.896. The molecule has 5 heteroatoms. The lowest BCUT2D eigenvalue weighted by molar-refractivity contribution is -0.119. The first-order valence-corrected chi connectivity index (χ1v) is 7.39. The van der Waals surface area contributed by atoms with Crippen molar-refractivity contribution in [1.29, 1.82) is 5.41 Å². The smallest absolute Gasteiger partial charge is 0.254 e. The Bertz CT molecular complexity index is 755. The Morgan fingerprint density at radius 1 is 1.00 bits per heavy atom. The Hall–Kier alpha value is -3.08. The van der Waals surface area contributed by atoms with Crippen LogP contribution in [0.25, 0.3) is 0 Å². The summed E-state index contributed by atoms with van der Waals surface area (Å²) in [5.41, 5.74) is 7.63. The number of hydrogen-bond donors (Lipinski definition) is 2. The number of anilines is 2. The number of nitrogens with two attached hydrogens (primary N) is 1. The maximum absolute atomic E-state index is 12.9. The number of rotatable bonds is 2. The summed E-state index contributed by atoms with van der Waals surface area (Å²) in [5, 5.41) is 8.52. The molecule has 116 valence electrons. The first kappa shape index (κ1) is 14.8. The van der Waals surface area contributed by atoms with Gasteiger partial charge in [-0.2, -0.15) is 0 Å². The van der Waals surface area contributed by atoms with Gasteiger partial charge in [0.25, 0.3) is 5.91 Å². The summed E-state index contributed by atoms with van der Waals surface area (Å²) in [7, 11) is 0. The zero-order valence-corrected chi connectivity index (χ0v) is 12.8. The highest BCUT2D eigenvalue weighted by atomic mass is 16.2. The Morgan fingerprint density at radius 3 is 2.04 bits per heavy atom. The van der Waals surface area contributed by atoms with Crippen LogP contribution in [0.1, 0.15) is 6.92 Å². The number of carbonyl (C=O) groups excluding carboxylic acids is 1. The largest absolute Gasteiger partial charge is 0.403 e. The number of piperazine rings is 1. The Balaban J connectivity index is 2.07. The highest BCUT2D eigenvalue weighted by Gasteiger charge is 2.39. The number of carbonyl (C=O) groups is 1. The summed E-state index contributed by atoms with van der Waals surface area (Å²) in [6, 6.07) is 18.2. The predicted molar refractivity (Wildman–Crippen MR) is 92.3 cm³/mol. The summed E-state index contributed by atoms with van der Waals surface area (Å²) in [5.74, 6) is 0.0856. The van der Waals surface area contributed by atoms with Crippen LogP contribution in [0, 0.1) is 5.41 Å². The number of amidine groups is 1. The standard InChI is InChI=1S/C18H18N4O/c1-13-18(23)22(15-10-6-3-7-11-15)16(12-19)17(20)21(13)14-8-4-2-5-9-14/h2-13,20H,19H2,1H3/b16-12+,20-17?. The van der Waals surface area contributed by atoms with E-state index in [9.17, 15) is 4.79 Å². The second-order valence-electron chi connectivity index (χ2n) is 5.29. The lowest BCUT2D eigenvalue weighted by Crippen LogP contribution is -2.58. The minimum Gasteiger partial charge on any atom is -0.403 e. The number of benzene rings is 2. The molecule has 0 spiro atoms. The third-order valence-electron chi connectivity index (χ3n) is 3.90. The van der Waals surface area contributed by atoms with Crippen LogP contribution >= 0.6 is 0 Å². The van der Waals surface area contributed by atoms with Crippen LogP contribution in [0.5, 0.6) is 0 Å². The molecule has 0 saturated carbocycles. The van der Waals surface area contributed by atoms with Gasteiger partial charge >= 0.3 is 0 Å². The topological polar surface area (TPSA) is 73.4 Å². The molecular weight excluding hydrogens is 288 g/mol. The van der Waals surface area contributed by atoms with Crippen molar-refractivity contribution in [2.24, 2.45) is 5.73 Å². The molecule has 5 nitrogen and oxygen atoms in total. The van der Waals surface area contributed by atoms with Gasteiger partial charge in [-0.25, -0.2) is 0 Å². The number of amides is 1. The third kappa shape index (κ3) is 2.46. The van der Waals surface area contributed by atoms with Crippen LogP contribution in [0.3, 0.4) is 0 Å². The minimum atomic E-state index is -0.492. The summed E-state index contributed by atoms with van der Waals surface area (Å²) < 4.78 is 0. The molecular formula is C18H18N4O. The highest BCUT2D eigenvalue weighted by Crippen LogP contribution is 2.30. The lowest BCUT2D eigenvalue weighted by atomic mass is 10.1. The third-order valence-corrected chi connectivity index (χ3v) is 3.90. The van der Waals surface area contributed by atoms with E-state index in [0.717, 1.165) is 5.69 Å². The second-order valence-corrected chi connectivity index (χ2v) is 5.29. The van der Waals surface area contributed by atoms with Gasteiger partial charge in [-0.1, -0.05) is 36.4 Å². The molecule has 1 atom stereocenters. The van der Waals surface area contributed by atoms with Gasteiger partial charge in [0.1, 0.15) is 11.7 Å². The van der Waals surface area contributed by atoms with E-state index in [2.05, 4.69) is 0 Å². The molecule has 2 aromatic rings. The summed E-state index contributed by atoms with van der Waals surface area (Å²) >= 11 is 0. The lowest BCUT2D eigenvalue weighted by Gasteiger charge is -2.41. The zero-order valence-electron chi connectivity index (χ0n) is 12.8. The average molecular weight is 306 g/mol. The van der Waals surface area contributed by atoms with Gasteiger partial charge in [-0.15, -0.1) is 0 Å². The number of nitrogens with one attached hydrogen (secondary N) is 1. The molecule has 0 bridgehead atoms. The molecule has 1 saturated heterocycles. The molecule has 1 unspecified atom stereocenters. The molecule has 1 heterocycles. The highest BCUT2D eigenvalue weighted by molar-refractivity contribution is 6.23. The van der Waals surface area contributed by atoms with Crippen molar-refractivity contribution in [3.63, 3.8) is 0 Å². The van der Waals surface area contributed by atoms with Crippen LogP contribution in [0.4, 0.5) is 11.4 Å². The van der Waals surface area contributed by atoms with Gasteiger partial charge in [0, 0.05) is 17.6 Å². The first-order chi connectivity index (χ1) is 11.1. The van der Waals surface area contributed by atoms with Crippen LogP contribution in [-0.4, -0.2) is 17.8 Å². The maximum atomic E-state index is 12.9. The monoisotopic (exact) mass is 306 g/mol. The van der Waals surface area contributed by atoms with Crippen molar-refractivity contribution < 1.29 is 4.79 Å². The molecule has 0 aliphatic carbocycles. The second kappa shape index (κ2) is 5.96. The number of hydrogen-bond acceptors (Lipinski definition) is 3. The van der Waals surface area contributed by atoms with Gasteiger partial charge < -0.3 is 10.6 Å². The molecule has 1 amide bonds. The van der Waals surface area contributed by atoms with Crippen molar-refractivity contribution >= 4 is 23.1 Å². The van der Waals surface area contributed by atoms with E-state index < -0.39 is 6.04 Å². The molecule has 0 radical (unpaired) electrons. The summed E-state index contributed by atoms with van der Waals surface area (Å²) in [6.45, 7) is 1.80. The summed E-state index contributed by atoms with van der Waals surface area (Å²) in [6.07, 6.45) is 1.31. The SMILES string of the molecule is CC1C(=O)N(c2ccccc2)/C(=C/N)C(=N)N1c1ccccc1. The van der Waals surface area contributed by atoms with E-state index in [4.69, 9.17) is 11.1 Å². The zero-order chi connectivity index (χ0) is 16.4. The molecule has 1 aliphatic rings. The Kier molecular flexibility index (Phi) is 3.85. The molecule has 1 fully saturated rings. The fraction of sp³-hybridized carbons (Fsp3) is 0.111. The predicted octanol–water partition coefficient (Wildman–Crippen LogP) is 2.71. The summed E-state index contributed by atoms with van der Waals surface area (Å²) in [4.78, 5) is 16.1. The Morgan fingerprint density at radius 2 is 1.52 bits per heavy atom. The molecule has 2 aromatic carbocycles. The Labute approximate surface area is 135 Å². The van der Waals surface area contributed by atoms with Crippen LogP contribution < -0.4 is 15.5 Å². The van der Waals surface area contributed by atoms with E-state index in [1.165, 1.54) is 11.1 Å². The molecule has 23 heavy (non-hydrogen) atoms. The van der Waals surface area contributed by atoms with Gasteiger partial charge in [0.2, 0.25) is 0 Å². The van der Waals surface area contributed by atoms with Crippen molar-refractivity contribution in [1.82, 2.24) is 0 Å². The number of para-hydroxylation sites is 2. The fourth-order valence-electron chi connectivity index (χ4n) is 2.78. The van der Waals surface area contributed by atoms with E-state index in [1.807, 2.05) is 60.7 Å². The van der Waals surface area contributed by atoms with E-state index in [1.54, 1.807) is 11.8 Å². The minimum absolute atomic E-state index is 0.118. The van der Waals surface area contributed by atoms with Crippen molar-refractivity contribution in [2.75, 3.05) is 9.80 Å². The van der Waals surface area contributed by atoms with Crippen molar-refractivity contribution in [2.45, 2.75) is 13.0 Å². The molecule has 3 rings (SSSR count).